The fourth-order valence-corrected chi connectivity index (χ4v) is 11.5. The molecule has 0 atom stereocenters. The van der Waals surface area contributed by atoms with Crippen LogP contribution in [0.3, 0.4) is 0 Å². The Labute approximate surface area is 392 Å². The standard InChI is InChI=1S/2C18H15P.2C12H10.CH2O3/c2*1-4-10-16(11-5-1)19(17-12-6-2-7-13-17)18-14-8-3-9-15-18;2*1-3-7-11(8-4-1)12-9-5-2-6-10-12;2-1(3)4/h2*1-15H;2*1-10H;(H2,2,3,4). The van der Waals surface area contributed by atoms with E-state index in [2.05, 4.69) is 279 Å². The summed E-state index contributed by atoms with van der Waals surface area (Å²) < 4.78 is 0. The summed E-state index contributed by atoms with van der Waals surface area (Å²) >= 11 is 0. The molecule has 10 aromatic rings. The minimum absolute atomic E-state index is 0.446. The van der Waals surface area contributed by atoms with Gasteiger partial charge in [-0.25, -0.2) is 4.79 Å². The van der Waals surface area contributed by atoms with E-state index >= 15 is 0 Å². The summed E-state index contributed by atoms with van der Waals surface area (Å²) in [6.45, 7) is 0. The SMILES string of the molecule is O=C(O)O.c1ccc(-c2ccccc2)cc1.c1ccc(-c2ccccc2)cc1.c1ccc(P(c2ccccc2)c2ccccc2)cc1.c1ccc(P(c2ccccc2)c2ccccc2)cc1. The summed E-state index contributed by atoms with van der Waals surface area (Å²) in [6, 6.07) is 106. The molecule has 5 heteroatoms. The van der Waals surface area contributed by atoms with E-state index in [9.17, 15) is 0 Å². The summed E-state index contributed by atoms with van der Waals surface area (Å²) in [4.78, 5) is 8.56. The summed E-state index contributed by atoms with van der Waals surface area (Å²) in [5, 5.41) is 22.3. The molecule has 0 heterocycles. The fraction of sp³-hybridized carbons (Fsp3) is 0. The first kappa shape index (κ1) is 47.8. The zero-order chi connectivity index (χ0) is 45.9. The molecule has 10 rings (SSSR count). The summed E-state index contributed by atoms with van der Waals surface area (Å²) in [5.41, 5.74) is 5.10. The van der Waals surface area contributed by atoms with Crippen molar-refractivity contribution >= 4 is 53.8 Å². The van der Waals surface area contributed by atoms with Gasteiger partial charge in [-0.3, -0.25) is 0 Å². The summed E-state index contributed by atoms with van der Waals surface area (Å²) in [7, 11) is -0.892. The molecule has 66 heavy (non-hydrogen) atoms. The van der Waals surface area contributed by atoms with Gasteiger partial charge in [0.2, 0.25) is 0 Å². The first-order chi connectivity index (χ1) is 32.6. The Hall–Kier alpha value is -7.67. The Bertz CT molecular complexity index is 2330. The Morgan fingerprint density at radius 2 is 0.318 bits per heavy atom. The first-order valence-corrected chi connectivity index (χ1v) is 24.3. The Balaban J connectivity index is 0.000000144. The molecule has 324 valence electrons. The van der Waals surface area contributed by atoms with Crippen molar-refractivity contribution in [3.05, 3.63) is 303 Å². The summed E-state index contributed by atoms with van der Waals surface area (Å²) in [5.74, 6) is 0. The highest BCUT2D eigenvalue weighted by molar-refractivity contribution is 7.80. The number of hydrogen-bond acceptors (Lipinski definition) is 1. The molecule has 0 bridgehead atoms. The molecular weight excluding hydrogens is 843 g/mol. The van der Waals surface area contributed by atoms with E-state index in [1.807, 2.05) is 24.3 Å². The van der Waals surface area contributed by atoms with Crippen LogP contribution in [0.25, 0.3) is 22.3 Å². The lowest BCUT2D eigenvalue weighted by molar-refractivity contribution is 0.137. The van der Waals surface area contributed by atoms with Crippen molar-refractivity contribution in [2.45, 2.75) is 0 Å². The van der Waals surface area contributed by atoms with Crippen LogP contribution in [0.4, 0.5) is 4.79 Å². The molecule has 0 aliphatic rings. The maximum absolute atomic E-state index is 8.56. The van der Waals surface area contributed by atoms with Gasteiger partial charge in [0.15, 0.2) is 0 Å². The molecule has 0 aliphatic carbocycles. The topological polar surface area (TPSA) is 57.5 Å². The molecule has 0 fully saturated rings. The number of carboxylic acid groups (broad SMARTS) is 2. The van der Waals surface area contributed by atoms with E-state index in [1.54, 1.807) is 0 Å². The highest BCUT2D eigenvalue weighted by Crippen LogP contribution is 2.33. The van der Waals surface area contributed by atoms with Crippen molar-refractivity contribution < 1.29 is 15.0 Å². The molecule has 0 saturated heterocycles. The molecule has 0 aromatic heterocycles. The normalized spacial score (nSPS) is 9.97. The maximum Gasteiger partial charge on any atom is 0.503 e. The lowest BCUT2D eigenvalue weighted by Crippen LogP contribution is -2.20. The van der Waals surface area contributed by atoms with Gasteiger partial charge in [-0.05, 0) is 69.9 Å². The van der Waals surface area contributed by atoms with Crippen molar-refractivity contribution in [2.75, 3.05) is 0 Å². The first-order valence-electron chi connectivity index (χ1n) is 21.6. The van der Waals surface area contributed by atoms with E-state index in [4.69, 9.17) is 15.0 Å². The number of benzene rings is 10. The van der Waals surface area contributed by atoms with Crippen LogP contribution in [0.1, 0.15) is 0 Å². The number of rotatable bonds is 8. The van der Waals surface area contributed by atoms with Crippen LogP contribution >= 0.6 is 15.8 Å². The quantitative estimate of drug-likeness (QED) is 0.149. The van der Waals surface area contributed by atoms with E-state index in [1.165, 1.54) is 54.1 Å². The predicted octanol–water partition coefficient (Wildman–Crippen LogP) is 13.8. The second-order valence-electron chi connectivity index (χ2n) is 14.4. The molecular formula is C61H52O3P2. The van der Waals surface area contributed by atoms with E-state index in [-0.39, 0.29) is 0 Å². The third kappa shape index (κ3) is 15.8. The van der Waals surface area contributed by atoms with Gasteiger partial charge >= 0.3 is 6.16 Å². The van der Waals surface area contributed by atoms with Crippen LogP contribution < -0.4 is 31.8 Å². The van der Waals surface area contributed by atoms with Gasteiger partial charge in [0.1, 0.15) is 0 Å². The average Bonchev–Trinajstić information content (AvgIpc) is 3.40. The Morgan fingerprint density at radius 1 is 0.212 bits per heavy atom. The third-order valence-electron chi connectivity index (χ3n) is 9.85. The van der Waals surface area contributed by atoms with E-state index in [0.717, 1.165) is 0 Å². The van der Waals surface area contributed by atoms with Crippen LogP contribution in [0.15, 0.2) is 303 Å². The van der Waals surface area contributed by atoms with Gasteiger partial charge in [-0.1, -0.05) is 303 Å². The van der Waals surface area contributed by atoms with Crippen LogP contribution in [0.2, 0.25) is 0 Å². The number of carbonyl (C=O) groups is 1. The largest absolute Gasteiger partial charge is 0.503 e. The molecule has 0 aliphatic heterocycles. The lowest BCUT2D eigenvalue weighted by atomic mass is 10.1. The van der Waals surface area contributed by atoms with Gasteiger partial charge in [-0.15, -0.1) is 0 Å². The van der Waals surface area contributed by atoms with Crippen LogP contribution in [0.5, 0.6) is 0 Å². The van der Waals surface area contributed by atoms with Gasteiger partial charge in [0.25, 0.3) is 0 Å². The predicted molar refractivity (Wildman–Crippen MR) is 285 cm³/mol. The van der Waals surface area contributed by atoms with Crippen LogP contribution in [-0.4, -0.2) is 16.4 Å². The van der Waals surface area contributed by atoms with Crippen molar-refractivity contribution in [2.24, 2.45) is 0 Å². The van der Waals surface area contributed by atoms with Crippen LogP contribution in [0, 0.1) is 0 Å². The molecule has 2 N–H and O–H groups in total. The number of hydrogen-bond donors (Lipinski definition) is 2. The lowest BCUT2D eigenvalue weighted by Gasteiger charge is -2.18. The van der Waals surface area contributed by atoms with Gasteiger partial charge in [0, 0.05) is 0 Å². The average molecular weight is 895 g/mol. The molecule has 0 unspecified atom stereocenters. The van der Waals surface area contributed by atoms with Gasteiger partial charge < -0.3 is 10.2 Å². The Morgan fingerprint density at radius 3 is 0.439 bits per heavy atom. The molecule has 3 nitrogen and oxygen atoms in total. The highest BCUT2D eigenvalue weighted by Gasteiger charge is 2.16. The zero-order valence-electron chi connectivity index (χ0n) is 36.6. The molecule has 0 radical (unpaired) electrons. The van der Waals surface area contributed by atoms with E-state index in [0.29, 0.717) is 0 Å². The minimum Gasteiger partial charge on any atom is -0.450 e. The van der Waals surface area contributed by atoms with Gasteiger partial charge in [-0.2, -0.15) is 0 Å². The summed E-state index contributed by atoms with van der Waals surface area (Å²) in [6.07, 6.45) is -1.83. The third-order valence-corrected chi connectivity index (χ3v) is 14.7. The van der Waals surface area contributed by atoms with Gasteiger partial charge in [0.05, 0.1) is 0 Å². The minimum atomic E-state index is -1.83. The Kier molecular flexibility index (Phi) is 19.9. The smallest absolute Gasteiger partial charge is 0.450 e. The maximum atomic E-state index is 8.56. The van der Waals surface area contributed by atoms with Crippen molar-refractivity contribution in [1.82, 2.24) is 0 Å². The van der Waals surface area contributed by atoms with Crippen LogP contribution in [-0.2, 0) is 0 Å². The van der Waals surface area contributed by atoms with Crippen molar-refractivity contribution in [1.29, 1.82) is 0 Å². The molecule has 10 aromatic carbocycles. The van der Waals surface area contributed by atoms with Crippen molar-refractivity contribution in [3.8, 4) is 22.3 Å². The molecule has 0 spiro atoms. The molecule has 0 saturated carbocycles. The second kappa shape index (κ2) is 27.5. The highest BCUT2D eigenvalue weighted by atomic mass is 31.1. The monoisotopic (exact) mass is 894 g/mol. The van der Waals surface area contributed by atoms with Crippen molar-refractivity contribution in [3.63, 3.8) is 0 Å². The molecule has 0 amide bonds. The zero-order valence-corrected chi connectivity index (χ0v) is 38.4. The second-order valence-corrected chi connectivity index (χ2v) is 18.9. The van der Waals surface area contributed by atoms with E-state index < -0.39 is 22.0 Å². The fourth-order valence-electron chi connectivity index (χ4n) is 6.88.